The Morgan fingerprint density at radius 3 is 2.67 bits per heavy atom. The Bertz CT molecular complexity index is 1340. The Morgan fingerprint density at radius 1 is 0.967 bits per heavy atom. The van der Waals surface area contributed by atoms with Crippen LogP contribution in [0.25, 0.3) is 21.8 Å². The van der Waals surface area contributed by atoms with E-state index in [1.807, 2.05) is 0 Å². The molecule has 2 bridgehead atoms. The van der Waals surface area contributed by atoms with Gasteiger partial charge < -0.3 is 11.1 Å². The van der Waals surface area contributed by atoms with E-state index in [1.165, 1.54) is 12.1 Å². The highest BCUT2D eigenvalue weighted by molar-refractivity contribution is 5.91. The van der Waals surface area contributed by atoms with E-state index in [2.05, 4.69) is 25.7 Å². The van der Waals surface area contributed by atoms with Crippen LogP contribution in [0, 0.1) is 29.4 Å². The predicted molar refractivity (Wildman–Crippen MR) is 110 cm³/mol. The molecule has 0 spiro atoms. The summed E-state index contributed by atoms with van der Waals surface area (Å²) in [6, 6.07) is 4.40. The van der Waals surface area contributed by atoms with E-state index in [-0.39, 0.29) is 29.5 Å². The van der Waals surface area contributed by atoms with E-state index >= 15 is 8.78 Å². The summed E-state index contributed by atoms with van der Waals surface area (Å²) in [5.41, 5.74) is 9.31. The molecule has 2 aliphatic carbocycles. The zero-order chi connectivity index (χ0) is 20.1. The van der Waals surface area contributed by atoms with Gasteiger partial charge in [-0.3, -0.25) is 10.2 Å². The number of benzene rings is 2. The average molecular weight is 406 g/mol. The number of halogens is 2. The molecule has 0 radical (unpaired) electrons. The van der Waals surface area contributed by atoms with Gasteiger partial charge in [0.05, 0.1) is 29.0 Å². The molecule has 2 fully saturated rings. The first kappa shape index (κ1) is 16.6. The van der Waals surface area contributed by atoms with Gasteiger partial charge in [-0.1, -0.05) is 0 Å². The Hall–Kier alpha value is -3.16. The summed E-state index contributed by atoms with van der Waals surface area (Å²) in [4.78, 5) is 0. The lowest BCUT2D eigenvalue weighted by Gasteiger charge is -2.44. The van der Waals surface area contributed by atoms with Crippen LogP contribution in [0.1, 0.15) is 42.3 Å². The number of anilines is 2. The molecule has 3 heterocycles. The molecule has 6 nitrogen and oxygen atoms in total. The largest absolute Gasteiger partial charge is 0.382 e. The average Bonchev–Trinajstić information content (AvgIpc) is 3.51. The van der Waals surface area contributed by atoms with E-state index in [0.717, 1.165) is 30.2 Å². The van der Waals surface area contributed by atoms with Gasteiger partial charge in [0.15, 0.2) is 5.82 Å². The van der Waals surface area contributed by atoms with Crippen molar-refractivity contribution in [3.63, 3.8) is 0 Å². The van der Waals surface area contributed by atoms with E-state index in [4.69, 9.17) is 5.73 Å². The van der Waals surface area contributed by atoms with Crippen molar-refractivity contribution in [2.24, 2.45) is 17.8 Å². The number of fused-ring (bicyclic) bond motifs is 10. The first-order valence-corrected chi connectivity index (χ1v) is 10.4. The summed E-state index contributed by atoms with van der Waals surface area (Å²) in [5, 5.41) is 18.9. The Morgan fingerprint density at radius 2 is 1.77 bits per heavy atom. The number of hydrogen-bond donors (Lipinski definition) is 4. The van der Waals surface area contributed by atoms with Gasteiger partial charge in [0, 0.05) is 22.4 Å². The molecule has 7 rings (SSSR count). The molecule has 2 aromatic heterocycles. The zero-order valence-corrected chi connectivity index (χ0v) is 16.0. The number of nitrogens with two attached hydrogens (primary N) is 1. The predicted octanol–water partition coefficient (Wildman–Crippen LogP) is 4.60. The van der Waals surface area contributed by atoms with E-state index in [0.29, 0.717) is 45.3 Å². The second kappa shape index (κ2) is 5.50. The van der Waals surface area contributed by atoms with Crippen molar-refractivity contribution >= 4 is 33.3 Å². The lowest BCUT2D eigenvalue weighted by Crippen LogP contribution is -2.36. The summed E-state index contributed by atoms with van der Waals surface area (Å²) in [5.74, 6) is 1.09. The SMILES string of the molecule is Nc1n[nH]c2cc(F)c([C@@H]3Nc4c(F)cc5[nH]ncc5c4[C@H]4[C@@H]5CC[C@@H](C5)[C@H]43)cc12. The normalized spacial score (nSPS) is 29.3. The van der Waals surface area contributed by atoms with Gasteiger partial charge in [0.1, 0.15) is 11.6 Å². The van der Waals surface area contributed by atoms with E-state index < -0.39 is 0 Å². The fourth-order valence-electron chi connectivity index (χ4n) is 6.67. The third-order valence-corrected chi connectivity index (χ3v) is 7.78. The van der Waals surface area contributed by atoms with Crippen molar-refractivity contribution in [3.05, 3.63) is 47.2 Å². The molecular formula is C22H20F2N6. The number of nitrogens with one attached hydrogen (secondary N) is 3. The molecule has 1 aliphatic heterocycles. The number of aromatic nitrogens is 4. The van der Waals surface area contributed by atoms with Gasteiger partial charge in [0.25, 0.3) is 0 Å². The van der Waals surface area contributed by atoms with Crippen LogP contribution in [-0.2, 0) is 0 Å². The van der Waals surface area contributed by atoms with Crippen molar-refractivity contribution < 1.29 is 8.78 Å². The van der Waals surface area contributed by atoms with Crippen LogP contribution >= 0.6 is 0 Å². The van der Waals surface area contributed by atoms with Gasteiger partial charge in [-0.15, -0.1) is 0 Å². The summed E-state index contributed by atoms with van der Waals surface area (Å²) >= 11 is 0. The molecule has 3 aliphatic rings. The third kappa shape index (κ3) is 1.96. The highest BCUT2D eigenvalue weighted by atomic mass is 19.1. The van der Waals surface area contributed by atoms with Crippen molar-refractivity contribution in [2.75, 3.05) is 11.1 Å². The Labute approximate surface area is 170 Å². The van der Waals surface area contributed by atoms with Crippen LogP contribution in [-0.4, -0.2) is 20.4 Å². The zero-order valence-electron chi connectivity index (χ0n) is 16.0. The number of aromatic amines is 2. The lowest BCUT2D eigenvalue weighted by molar-refractivity contribution is 0.245. The molecule has 0 amide bonds. The fraction of sp³-hybridized carbons (Fsp3) is 0.364. The highest BCUT2D eigenvalue weighted by Crippen LogP contribution is 2.65. The van der Waals surface area contributed by atoms with Gasteiger partial charge in [-0.2, -0.15) is 10.2 Å². The van der Waals surface area contributed by atoms with Gasteiger partial charge in [-0.25, -0.2) is 8.78 Å². The van der Waals surface area contributed by atoms with Gasteiger partial charge >= 0.3 is 0 Å². The van der Waals surface area contributed by atoms with Crippen molar-refractivity contribution in [1.82, 2.24) is 20.4 Å². The van der Waals surface area contributed by atoms with Gasteiger partial charge in [-0.05, 0) is 60.6 Å². The van der Waals surface area contributed by atoms with E-state index in [1.54, 1.807) is 12.3 Å². The number of nitrogens with zero attached hydrogens (tertiary/aromatic N) is 2. The number of H-pyrrole nitrogens is 2. The molecule has 5 atom stereocenters. The van der Waals surface area contributed by atoms with Crippen molar-refractivity contribution in [2.45, 2.75) is 31.2 Å². The molecule has 0 saturated heterocycles. The minimum atomic E-state index is -0.322. The quantitative estimate of drug-likeness (QED) is 0.372. The molecule has 2 saturated carbocycles. The molecule has 30 heavy (non-hydrogen) atoms. The van der Waals surface area contributed by atoms with Crippen LogP contribution in [0.2, 0.25) is 0 Å². The molecule has 5 N–H and O–H groups in total. The summed E-state index contributed by atoms with van der Waals surface area (Å²) in [6.07, 6.45) is 5.18. The maximum Gasteiger partial charge on any atom is 0.153 e. The van der Waals surface area contributed by atoms with Crippen molar-refractivity contribution in [3.8, 4) is 0 Å². The monoisotopic (exact) mass is 406 g/mol. The highest BCUT2D eigenvalue weighted by Gasteiger charge is 2.55. The summed E-state index contributed by atoms with van der Waals surface area (Å²) in [7, 11) is 0. The first-order chi connectivity index (χ1) is 14.6. The number of rotatable bonds is 1. The van der Waals surface area contributed by atoms with Crippen molar-refractivity contribution in [1.29, 1.82) is 0 Å². The van der Waals surface area contributed by atoms with Crippen LogP contribution in [0.4, 0.5) is 20.3 Å². The van der Waals surface area contributed by atoms with Crippen LogP contribution in [0.5, 0.6) is 0 Å². The minimum Gasteiger partial charge on any atom is -0.382 e. The molecule has 0 unspecified atom stereocenters. The summed E-state index contributed by atoms with van der Waals surface area (Å²) < 4.78 is 30.5. The maximum atomic E-state index is 15.3. The first-order valence-electron chi connectivity index (χ1n) is 10.4. The third-order valence-electron chi connectivity index (χ3n) is 7.78. The molecule has 8 heteroatoms. The lowest BCUT2D eigenvalue weighted by atomic mass is 9.67. The number of hydrogen-bond acceptors (Lipinski definition) is 4. The topological polar surface area (TPSA) is 95.4 Å². The molecular weight excluding hydrogens is 386 g/mol. The van der Waals surface area contributed by atoms with Gasteiger partial charge in [0.2, 0.25) is 0 Å². The van der Waals surface area contributed by atoms with E-state index in [9.17, 15) is 0 Å². The second-order valence-electron chi connectivity index (χ2n) is 9.06. The Balaban J connectivity index is 1.48. The fourth-order valence-corrected chi connectivity index (χ4v) is 6.67. The Kier molecular flexibility index (Phi) is 3.05. The summed E-state index contributed by atoms with van der Waals surface area (Å²) in [6.45, 7) is 0. The molecule has 152 valence electrons. The van der Waals surface area contributed by atoms with Crippen LogP contribution in [0.3, 0.4) is 0 Å². The molecule has 2 aromatic carbocycles. The van der Waals surface area contributed by atoms with Crippen LogP contribution in [0.15, 0.2) is 24.4 Å². The smallest absolute Gasteiger partial charge is 0.153 e. The minimum absolute atomic E-state index is 0.192. The van der Waals surface area contributed by atoms with Crippen LogP contribution < -0.4 is 11.1 Å². The maximum absolute atomic E-state index is 15.3. The standard InChI is InChI=1S/C22H20F2N6/c23-13-5-15-11(22(25)30-29-15)4-10(13)20-18-9-2-1-8(3-9)17(18)19-12-7-26-28-16(12)6-14(24)21(19)27-20/h4-9,17-18,20,27H,1-3H2,(H,26,28)(H3,25,29,30)/t8-,9+,17+,18-,20+/m1/s1. The molecule has 4 aromatic rings. The number of nitrogen functional groups attached to an aromatic ring is 1. The second-order valence-corrected chi connectivity index (χ2v) is 9.06.